The van der Waals surface area contributed by atoms with Crippen molar-refractivity contribution in [2.24, 2.45) is 0 Å². The summed E-state index contributed by atoms with van der Waals surface area (Å²) in [4.78, 5) is 0. The first-order chi connectivity index (χ1) is 3.93. The zero-order valence-corrected chi connectivity index (χ0v) is 4.80. The fraction of sp³-hybridized carbons (Fsp3) is 0.125. The fourth-order valence-electron chi connectivity index (χ4n) is 0.681. The number of rotatable bonds is 1. The van der Waals surface area contributed by atoms with Gasteiger partial charge in [0.1, 0.15) is 0 Å². The van der Waals surface area contributed by atoms with Gasteiger partial charge in [-0.05, 0) is 6.42 Å². The first-order valence-corrected chi connectivity index (χ1v) is 2.75. The summed E-state index contributed by atoms with van der Waals surface area (Å²) in [6.45, 7) is 3.66. The molecule has 1 aliphatic carbocycles. The van der Waals surface area contributed by atoms with Crippen LogP contribution in [-0.2, 0) is 0 Å². The van der Waals surface area contributed by atoms with Gasteiger partial charge >= 0.3 is 0 Å². The Labute approximate surface area is 50.2 Å². The molecule has 0 aromatic carbocycles. The SMILES string of the molecule is C=C[C]1C=CC=CC1. The summed E-state index contributed by atoms with van der Waals surface area (Å²) in [7, 11) is 0. The molecule has 1 aliphatic rings. The van der Waals surface area contributed by atoms with Crippen LogP contribution < -0.4 is 0 Å². The third-order valence-corrected chi connectivity index (χ3v) is 1.17. The van der Waals surface area contributed by atoms with Crippen LogP contribution in [0.3, 0.4) is 0 Å². The van der Waals surface area contributed by atoms with E-state index in [1.807, 2.05) is 18.2 Å². The third-order valence-electron chi connectivity index (χ3n) is 1.17. The van der Waals surface area contributed by atoms with Crippen molar-refractivity contribution in [1.29, 1.82) is 0 Å². The van der Waals surface area contributed by atoms with E-state index in [-0.39, 0.29) is 0 Å². The van der Waals surface area contributed by atoms with Crippen LogP contribution in [0.2, 0.25) is 0 Å². The summed E-state index contributed by atoms with van der Waals surface area (Å²) >= 11 is 0. The van der Waals surface area contributed by atoms with Gasteiger partial charge in [0.25, 0.3) is 0 Å². The monoisotopic (exact) mass is 105 g/mol. The Morgan fingerprint density at radius 1 is 1.50 bits per heavy atom. The maximum atomic E-state index is 3.66. The van der Waals surface area contributed by atoms with Crippen molar-refractivity contribution in [3.8, 4) is 0 Å². The van der Waals surface area contributed by atoms with E-state index in [0.717, 1.165) is 6.42 Å². The predicted octanol–water partition coefficient (Wildman–Crippen LogP) is 2.26. The van der Waals surface area contributed by atoms with E-state index in [2.05, 4.69) is 18.7 Å². The van der Waals surface area contributed by atoms with Crippen molar-refractivity contribution < 1.29 is 0 Å². The van der Waals surface area contributed by atoms with E-state index in [9.17, 15) is 0 Å². The van der Waals surface area contributed by atoms with Crippen molar-refractivity contribution in [1.82, 2.24) is 0 Å². The van der Waals surface area contributed by atoms with Gasteiger partial charge in [-0.15, -0.1) is 6.58 Å². The molecule has 0 atom stereocenters. The van der Waals surface area contributed by atoms with E-state index in [1.54, 1.807) is 0 Å². The third kappa shape index (κ3) is 1.09. The zero-order chi connectivity index (χ0) is 5.82. The van der Waals surface area contributed by atoms with Crippen LogP contribution in [0.25, 0.3) is 0 Å². The van der Waals surface area contributed by atoms with Crippen molar-refractivity contribution in [3.63, 3.8) is 0 Å². The second kappa shape index (κ2) is 2.51. The molecule has 1 radical (unpaired) electrons. The number of hydrogen-bond acceptors (Lipinski definition) is 0. The molecule has 0 heterocycles. The molecule has 0 aromatic heterocycles. The van der Waals surface area contributed by atoms with Crippen LogP contribution in [0, 0.1) is 5.92 Å². The lowest BCUT2D eigenvalue weighted by Crippen LogP contribution is -1.87. The van der Waals surface area contributed by atoms with Gasteiger partial charge < -0.3 is 0 Å². The Balaban J connectivity index is 2.51. The van der Waals surface area contributed by atoms with Crippen molar-refractivity contribution in [2.45, 2.75) is 6.42 Å². The molecule has 0 nitrogen and oxygen atoms in total. The topological polar surface area (TPSA) is 0 Å². The van der Waals surface area contributed by atoms with Gasteiger partial charge in [-0.1, -0.05) is 30.4 Å². The maximum absolute atomic E-state index is 3.66. The Morgan fingerprint density at radius 2 is 2.38 bits per heavy atom. The normalized spacial score (nSPS) is 19.0. The van der Waals surface area contributed by atoms with Crippen molar-refractivity contribution in [2.75, 3.05) is 0 Å². The molecular weight excluding hydrogens is 96.1 g/mol. The fourth-order valence-corrected chi connectivity index (χ4v) is 0.681. The van der Waals surface area contributed by atoms with Gasteiger partial charge in [0.2, 0.25) is 0 Å². The molecule has 0 heteroatoms. The summed E-state index contributed by atoms with van der Waals surface area (Å²) in [6, 6.07) is 0. The quantitative estimate of drug-likeness (QED) is 0.480. The first-order valence-electron chi connectivity index (χ1n) is 2.75. The van der Waals surface area contributed by atoms with Gasteiger partial charge in [0, 0.05) is 5.92 Å². The second-order valence-electron chi connectivity index (χ2n) is 1.77. The lowest BCUT2D eigenvalue weighted by molar-refractivity contribution is 1.14. The Kier molecular flexibility index (Phi) is 1.68. The molecule has 0 fully saturated rings. The molecule has 1 rings (SSSR count). The van der Waals surface area contributed by atoms with E-state index >= 15 is 0 Å². The molecule has 0 unspecified atom stereocenters. The first kappa shape index (κ1) is 5.36. The molecule has 0 aliphatic heterocycles. The molecule has 0 saturated carbocycles. The maximum Gasteiger partial charge on any atom is 0.0225 e. The number of hydrogen-bond donors (Lipinski definition) is 0. The smallest absolute Gasteiger partial charge is 0.0225 e. The summed E-state index contributed by atoms with van der Waals surface area (Å²) in [6.07, 6.45) is 11.2. The Hall–Kier alpha value is -0.780. The Morgan fingerprint density at radius 3 is 2.75 bits per heavy atom. The van der Waals surface area contributed by atoms with Crippen LogP contribution in [0.15, 0.2) is 37.0 Å². The summed E-state index contributed by atoms with van der Waals surface area (Å²) in [5.41, 5.74) is 0. The highest BCUT2D eigenvalue weighted by Crippen LogP contribution is 2.13. The standard InChI is InChI=1S/C8H9/c1-2-8-6-4-3-5-7-8/h2-6H,1,7H2. The van der Waals surface area contributed by atoms with Crippen molar-refractivity contribution in [3.05, 3.63) is 42.9 Å². The molecule has 41 valence electrons. The largest absolute Gasteiger partial charge is 0.102 e. The minimum absolute atomic E-state index is 1.04. The van der Waals surface area contributed by atoms with E-state index in [1.165, 1.54) is 5.92 Å². The van der Waals surface area contributed by atoms with Gasteiger partial charge in [-0.3, -0.25) is 0 Å². The van der Waals surface area contributed by atoms with Crippen LogP contribution in [0.4, 0.5) is 0 Å². The van der Waals surface area contributed by atoms with Gasteiger partial charge in [-0.25, -0.2) is 0 Å². The molecule has 0 amide bonds. The van der Waals surface area contributed by atoms with Crippen LogP contribution in [-0.4, -0.2) is 0 Å². The second-order valence-corrected chi connectivity index (χ2v) is 1.77. The molecule has 0 saturated heterocycles. The lowest BCUT2D eigenvalue weighted by Gasteiger charge is -2.03. The average Bonchev–Trinajstić information content (AvgIpc) is 1.90. The Bertz CT molecular complexity index is 129. The van der Waals surface area contributed by atoms with Crippen LogP contribution >= 0.6 is 0 Å². The molecule has 0 spiro atoms. The highest BCUT2D eigenvalue weighted by molar-refractivity contribution is 5.29. The highest BCUT2D eigenvalue weighted by atomic mass is 14.0. The minimum atomic E-state index is 1.04. The summed E-state index contributed by atoms with van der Waals surface area (Å²) in [5.74, 6) is 1.30. The zero-order valence-electron chi connectivity index (χ0n) is 4.80. The summed E-state index contributed by atoms with van der Waals surface area (Å²) < 4.78 is 0. The molecule has 0 bridgehead atoms. The van der Waals surface area contributed by atoms with Gasteiger partial charge in [0.05, 0.1) is 0 Å². The van der Waals surface area contributed by atoms with E-state index < -0.39 is 0 Å². The molecule has 0 aromatic rings. The average molecular weight is 105 g/mol. The summed E-state index contributed by atoms with van der Waals surface area (Å²) in [5, 5.41) is 0. The predicted molar refractivity (Wildman–Crippen MR) is 36.3 cm³/mol. The minimum Gasteiger partial charge on any atom is -0.102 e. The van der Waals surface area contributed by atoms with Gasteiger partial charge in [-0.2, -0.15) is 0 Å². The molecular formula is C8H9. The van der Waals surface area contributed by atoms with Crippen molar-refractivity contribution >= 4 is 0 Å². The van der Waals surface area contributed by atoms with Gasteiger partial charge in [0.15, 0.2) is 0 Å². The molecule has 8 heavy (non-hydrogen) atoms. The van der Waals surface area contributed by atoms with Crippen LogP contribution in [0.5, 0.6) is 0 Å². The number of allylic oxidation sites excluding steroid dienone is 5. The molecule has 0 N–H and O–H groups in total. The van der Waals surface area contributed by atoms with Crippen LogP contribution in [0.1, 0.15) is 6.42 Å². The van der Waals surface area contributed by atoms with E-state index in [4.69, 9.17) is 0 Å². The lowest BCUT2D eigenvalue weighted by atomic mass is 10.0. The van der Waals surface area contributed by atoms with E-state index in [0.29, 0.717) is 0 Å². The highest BCUT2D eigenvalue weighted by Gasteiger charge is 1.97.